The summed E-state index contributed by atoms with van der Waals surface area (Å²) in [6, 6.07) is 6.84. The van der Waals surface area contributed by atoms with E-state index in [1.807, 2.05) is 13.8 Å². The van der Waals surface area contributed by atoms with Crippen LogP contribution in [0.25, 0.3) is 0 Å². The predicted molar refractivity (Wildman–Crippen MR) is 69.3 cm³/mol. The van der Waals surface area contributed by atoms with Crippen LogP contribution in [0.3, 0.4) is 0 Å². The molecule has 18 heavy (non-hydrogen) atoms. The number of carbonyl (C=O) groups excluding carboxylic acids is 1. The summed E-state index contributed by atoms with van der Waals surface area (Å²) in [5, 5.41) is 0. The number of anilines is 1. The average molecular weight is 249 g/mol. The zero-order valence-electron chi connectivity index (χ0n) is 10.8. The number of nitrogen functional groups attached to an aromatic ring is 1. The zero-order valence-corrected chi connectivity index (χ0v) is 10.8. The molecule has 1 saturated heterocycles. The smallest absolute Gasteiger partial charge is 0.338 e. The Hall–Kier alpha value is -1.55. The van der Waals surface area contributed by atoms with Crippen LogP contribution in [0.15, 0.2) is 24.3 Å². The van der Waals surface area contributed by atoms with Crippen LogP contribution in [0.5, 0.6) is 0 Å². The fraction of sp³-hybridized carbons (Fsp3) is 0.500. The number of rotatable bonds is 2. The van der Waals surface area contributed by atoms with Crippen molar-refractivity contribution in [3.63, 3.8) is 0 Å². The van der Waals surface area contributed by atoms with Gasteiger partial charge < -0.3 is 15.2 Å². The van der Waals surface area contributed by atoms with Crippen LogP contribution in [-0.2, 0) is 9.47 Å². The highest BCUT2D eigenvalue weighted by Crippen LogP contribution is 2.22. The Kier molecular flexibility index (Phi) is 3.87. The van der Waals surface area contributed by atoms with Gasteiger partial charge in [0.1, 0.15) is 6.10 Å². The summed E-state index contributed by atoms with van der Waals surface area (Å²) >= 11 is 0. The van der Waals surface area contributed by atoms with E-state index in [-0.39, 0.29) is 24.3 Å². The lowest BCUT2D eigenvalue weighted by Gasteiger charge is -2.31. The molecule has 0 radical (unpaired) electrons. The summed E-state index contributed by atoms with van der Waals surface area (Å²) in [4.78, 5) is 12.0. The van der Waals surface area contributed by atoms with Crippen LogP contribution in [0.1, 0.15) is 37.0 Å². The Morgan fingerprint density at radius 2 is 2.00 bits per heavy atom. The molecule has 1 aromatic carbocycles. The molecule has 2 rings (SSSR count). The molecular formula is C14H19NO3. The molecule has 0 aliphatic carbocycles. The van der Waals surface area contributed by atoms with Crippen molar-refractivity contribution in [3.8, 4) is 0 Å². The van der Waals surface area contributed by atoms with Gasteiger partial charge in [-0.2, -0.15) is 0 Å². The van der Waals surface area contributed by atoms with Gasteiger partial charge in [0.15, 0.2) is 0 Å². The largest absolute Gasteiger partial charge is 0.459 e. The van der Waals surface area contributed by atoms with Crippen molar-refractivity contribution in [2.24, 2.45) is 0 Å². The second-order valence-electron chi connectivity index (χ2n) is 4.88. The highest BCUT2D eigenvalue weighted by molar-refractivity contribution is 5.90. The molecule has 0 bridgehead atoms. The third kappa shape index (κ3) is 3.23. The summed E-state index contributed by atoms with van der Waals surface area (Å²) in [5.41, 5.74) is 6.72. The van der Waals surface area contributed by atoms with Gasteiger partial charge >= 0.3 is 5.97 Å². The highest BCUT2D eigenvalue weighted by Gasteiger charge is 2.27. The van der Waals surface area contributed by atoms with Gasteiger partial charge in [-0.25, -0.2) is 4.79 Å². The molecule has 2 atom stereocenters. The Morgan fingerprint density at radius 1 is 1.33 bits per heavy atom. The zero-order chi connectivity index (χ0) is 13.1. The fourth-order valence-electron chi connectivity index (χ4n) is 2.33. The fourth-order valence-corrected chi connectivity index (χ4v) is 2.33. The molecule has 2 unspecified atom stereocenters. The molecule has 1 aromatic rings. The SMILES string of the molecule is CC1CC(OC(=O)c2cccc(N)c2)CC(C)O1. The van der Waals surface area contributed by atoms with E-state index in [9.17, 15) is 4.79 Å². The Labute approximate surface area is 107 Å². The van der Waals surface area contributed by atoms with Crippen LogP contribution in [0, 0.1) is 0 Å². The summed E-state index contributed by atoms with van der Waals surface area (Å²) in [6.45, 7) is 3.99. The molecule has 0 aromatic heterocycles. The highest BCUT2D eigenvalue weighted by atomic mass is 16.6. The minimum absolute atomic E-state index is 0.0716. The molecule has 0 amide bonds. The minimum Gasteiger partial charge on any atom is -0.459 e. The summed E-state index contributed by atoms with van der Waals surface area (Å²) in [5.74, 6) is -0.311. The van der Waals surface area contributed by atoms with Crippen molar-refractivity contribution in [1.29, 1.82) is 0 Å². The van der Waals surface area contributed by atoms with Gasteiger partial charge in [0.2, 0.25) is 0 Å². The number of nitrogens with two attached hydrogens (primary N) is 1. The number of hydrogen-bond acceptors (Lipinski definition) is 4. The molecule has 1 aliphatic rings. The van der Waals surface area contributed by atoms with E-state index in [0.717, 1.165) is 12.8 Å². The number of benzene rings is 1. The van der Waals surface area contributed by atoms with Gasteiger partial charge in [0.25, 0.3) is 0 Å². The second kappa shape index (κ2) is 5.40. The lowest BCUT2D eigenvalue weighted by atomic mass is 10.0. The van der Waals surface area contributed by atoms with E-state index in [0.29, 0.717) is 11.3 Å². The molecule has 4 heteroatoms. The van der Waals surface area contributed by atoms with Crippen LogP contribution in [0.4, 0.5) is 5.69 Å². The number of ether oxygens (including phenoxy) is 2. The van der Waals surface area contributed by atoms with E-state index < -0.39 is 0 Å². The summed E-state index contributed by atoms with van der Waals surface area (Å²) < 4.78 is 11.1. The van der Waals surface area contributed by atoms with Crippen LogP contribution in [-0.4, -0.2) is 24.3 Å². The molecule has 4 nitrogen and oxygen atoms in total. The average Bonchev–Trinajstić information content (AvgIpc) is 2.27. The minimum atomic E-state index is -0.311. The third-order valence-corrected chi connectivity index (χ3v) is 3.05. The van der Waals surface area contributed by atoms with Crippen LogP contribution in [0.2, 0.25) is 0 Å². The first-order chi connectivity index (χ1) is 8.54. The van der Waals surface area contributed by atoms with Gasteiger partial charge in [0.05, 0.1) is 17.8 Å². The van der Waals surface area contributed by atoms with Crippen LogP contribution < -0.4 is 5.73 Å². The topological polar surface area (TPSA) is 61.5 Å². The quantitative estimate of drug-likeness (QED) is 0.645. The van der Waals surface area contributed by atoms with Gasteiger partial charge in [-0.15, -0.1) is 0 Å². The van der Waals surface area contributed by atoms with Crippen molar-refractivity contribution >= 4 is 11.7 Å². The normalized spacial score (nSPS) is 27.8. The molecule has 2 N–H and O–H groups in total. The maximum Gasteiger partial charge on any atom is 0.338 e. The first kappa shape index (κ1) is 12.9. The van der Waals surface area contributed by atoms with E-state index >= 15 is 0 Å². The third-order valence-electron chi connectivity index (χ3n) is 3.05. The van der Waals surface area contributed by atoms with Crippen molar-refractivity contribution in [2.75, 3.05) is 5.73 Å². The van der Waals surface area contributed by atoms with E-state index in [1.165, 1.54) is 0 Å². The molecular weight excluding hydrogens is 230 g/mol. The molecule has 1 heterocycles. The second-order valence-corrected chi connectivity index (χ2v) is 4.88. The van der Waals surface area contributed by atoms with Crippen molar-refractivity contribution < 1.29 is 14.3 Å². The first-order valence-corrected chi connectivity index (χ1v) is 6.26. The van der Waals surface area contributed by atoms with Crippen LogP contribution >= 0.6 is 0 Å². The lowest BCUT2D eigenvalue weighted by Crippen LogP contribution is -2.35. The van der Waals surface area contributed by atoms with Gasteiger partial charge in [-0.05, 0) is 32.0 Å². The summed E-state index contributed by atoms with van der Waals surface area (Å²) in [6.07, 6.45) is 1.69. The number of hydrogen-bond donors (Lipinski definition) is 1. The first-order valence-electron chi connectivity index (χ1n) is 6.26. The van der Waals surface area contributed by atoms with Gasteiger partial charge in [-0.1, -0.05) is 6.07 Å². The molecule has 1 fully saturated rings. The van der Waals surface area contributed by atoms with Crippen molar-refractivity contribution in [1.82, 2.24) is 0 Å². The van der Waals surface area contributed by atoms with Gasteiger partial charge in [0, 0.05) is 18.5 Å². The maximum absolute atomic E-state index is 12.0. The van der Waals surface area contributed by atoms with Crippen molar-refractivity contribution in [2.45, 2.75) is 45.0 Å². The standard InChI is InChI=1S/C14H19NO3/c1-9-6-13(7-10(2)17-9)18-14(16)11-4-3-5-12(15)8-11/h3-5,8-10,13H,6-7,15H2,1-2H3. The lowest BCUT2D eigenvalue weighted by molar-refractivity contribution is -0.0855. The van der Waals surface area contributed by atoms with Crippen molar-refractivity contribution in [3.05, 3.63) is 29.8 Å². The van der Waals surface area contributed by atoms with E-state index in [4.69, 9.17) is 15.2 Å². The summed E-state index contributed by atoms with van der Waals surface area (Å²) in [7, 11) is 0. The Morgan fingerprint density at radius 3 is 2.61 bits per heavy atom. The van der Waals surface area contributed by atoms with E-state index in [1.54, 1.807) is 24.3 Å². The molecule has 0 spiro atoms. The molecule has 98 valence electrons. The number of carbonyl (C=O) groups is 1. The van der Waals surface area contributed by atoms with Gasteiger partial charge in [-0.3, -0.25) is 0 Å². The monoisotopic (exact) mass is 249 g/mol. The number of esters is 1. The Balaban J connectivity index is 1.99. The Bertz CT molecular complexity index is 423. The predicted octanol–water partition coefficient (Wildman–Crippen LogP) is 2.38. The molecule has 1 aliphatic heterocycles. The van der Waals surface area contributed by atoms with E-state index in [2.05, 4.69) is 0 Å². The maximum atomic E-state index is 12.0. The molecule has 0 saturated carbocycles.